The van der Waals surface area contributed by atoms with Gasteiger partial charge in [0.15, 0.2) is 0 Å². The van der Waals surface area contributed by atoms with Crippen LogP contribution >= 0.6 is 35.0 Å². The summed E-state index contributed by atoms with van der Waals surface area (Å²) in [7, 11) is 0. The molecule has 0 aliphatic rings. The number of hydrogen-bond acceptors (Lipinski definition) is 3. The molecule has 1 unspecified atom stereocenters. The van der Waals surface area contributed by atoms with E-state index in [2.05, 4.69) is 18.3 Å². The van der Waals surface area contributed by atoms with Crippen molar-refractivity contribution in [3.63, 3.8) is 0 Å². The lowest BCUT2D eigenvalue weighted by Crippen LogP contribution is -2.51. The summed E-state index contributed by atoms with van der Waals surface area (Å²) >= 11 is 13.7. The topological polar surface area (TPSA) is 49.4 Å². The van der Waals surface area contributed by atoms with E-state index in [-0.39, 0.29) is 17.6 Å². The van der Waals surface area contributed by atoms with Crippen LogP contribution in [0.3, 0.4) is 0 Å². The average molecular weight is 558 g/mol. The van der Waals surface area contributed by atoms with Gasteiger partial charge in [0.05, 0.1) is 15.8 Å². The number of carbonyl (C=O) groups is 2. The lowest BCUT2D eigenvalue weighted by molar-refractivity contribution is -0.139. The van der Waals surface area contributed by atoms with Gasteiger partial charge in [0, 0.05) is 25.3 Å². The highest BCUT2D eigenvalue weighted by molar-refractivity contribution is 7.99. The van der Waals surface area contributed by atoms with Gasteiger partial charge in [-0.1, -0.05) is 103 Å². The summed E-state index contributed by atoms with van der Waals surface area (Å²) in [6.07, 6.45) is 2.34. The number of halogens is 2. The quantitative estimate of drug-likeness (QED) is 0.228. The Kier molecular flexibility index (Phi) is 11.8. The zero-order valence-electron chi connectivity index (χ0n) is 21.4. The fourth-order valence-electron chi connectivity index (χ4n) is 4.04. The van der Waals surface area contributed by atoms with E-state index in [1.54, 1.807) is 11.0 Å². The molecule has 0 spiro atoms. The van der Waals surface area contributed by atoms with Crippen molar-refractivity contribution in [3.8, 4) is 0 Å². The van der Waals surface area contributed by atoms with E-state index in [0.717, 1.165) is 35.1 Å². The van der Waals surface area contributed by atoms with Gasteiger partial charge in [-0.15, -0.1) is 11.8 Å². The minimum absolute atomic E-state index is 0.0712. The van der Waals surface area contributed by atoms with E-state index >= 15 is 0 Å². The van der Waals surface area contributed by atoms with Gasteiger partial charge in [-0.05, 0) is 42.2 Å². The van der Waals surface area contributed by atoms with Crippen LogP contribution in [0.5, 0.6) is 0 Å². The molecule has 0 saturated carbocycles. The monoisotopic (exact) mass is 556 g/mol. The predicted molar refractivity (Wildman–Crippen MR) is 156 cm³/mol. The van der Waals surface area contributed by atoms with Crippen LogP contribution in [0.25, 0.3) is 0 Å². The van der Waals surface area contributed by atoms with Crippen molar-refractivity contribution in [1.82, 2.24) is 10.2 Å². The van der Waals surface area contributed by atoms with Crippen molar-refractivity contribution in [2.75, 3.05) is 12.3 Å². The lowest BCUT2D eigenvalue weighted by atomic mass is 10.0. The zero-order valence-corrected chi connectivity index (χ0v) is 23.7. The van der Waals surface area contributed by atoms with E-state index in [1.807, 2.05) is 67.6 Å². The van der Waals surface area contributed by atoms with E-state index in [4.69, 9.17) is 23.2 Å². The molecule has 0 aliphatic carbocycles. The van der Waals surface area contributed by atoms with Gasteiger partial charge in [-0.3, -0.25) is 9.59 Å². The van der Waals surface area contributed by atoms with Crippen molar-refractivity contribution >= 4 is 46.8 Å². The fourth-order valence-corrected chi connectivity index (χ4v) is 5.21. The highest BCUT2D eigenvalue weighted by Crippen LogP contribution is 2.25. The summed E-state index contributed by atoms with van der Waals surface area (Å²) in [6, 6.07) is 22.9. The fraction of sp³-hybridized carbons (Fsp3) is 0.333. The molecule has 7 heteroatoms. The molecule has 1 atom stereocenters. The number of carbonyl (C=O) groups excluding carboxylic acids is 2. The smallest absolute Gasteiger partial charge is 0.243 e. The van der Waals surface area contributed by atoms with Gasteiger partial charge in [0.2, 0.25) is 11.8 Å². The molecule has 0 radical (unpaired) electrons. The summed E-state index contributed by atoms with van der Waals surface area (Å²) < 4.78 is 0. The molecule has 1 N–H and O–H groups in total. The Bertz CT molecular complexity index is 1170. The number of nitrogens with one attached hydrogen (secondary N) is 1. The Hall–Kier alpha value is -2.47. The average Bonchev–Trinajstić information content (AvgIpc) is 2.89. The molecule has 3 rings (SSSR count). The molecule has 0 aliphatic heterocycles. The number of hydrogen-bond donors (Lipinski definition) is 1. The van der Waals surface area contributed by atoms with Crippen molar-refractivity contribution in [2.24, 2.45) is 0 Å². The molecule has 0 heterocycles. The lowest BCUT2D eigenvalue weighted by Gasteiger charge is -2.31. The third-order valence-electron chi connectivity index (χ3n) is 6.01. The molecule has 2 amide bonds. The number of rotatable bonds is 13. The van der Waals surface area contributed by atoms with Gasteiger partial charge in [0.25, 0.3) is 0 Å². The van der Waals surface area contributed by atoms with Gasteiger partial charge < -0.3 is 10.2 Å². The third-order valence-corrected chi connectivity index (χ3v) is 7.74. The van der Waals surface area contributed by atoms with E-state index < -0.39 is 6.04 Å². The molecule has 37 heavy (non-hydrogen) atoms. The maximum absolute atomic E-state index is 13.7. The Morgan fingerprint density at radius 3 is 2.38 bits per heavy atom. The maximum atomic E-state index is 13.7. The summed E-state index contributed by atoms with van der Waals surface area (Å²) in [5.74, 6) is 0.679. The summed E-state index contributed by atoms with van der Waals surface area (Å²) in [5, 5.41) is 4.07. The van der Waals surface area contributed by atoms with Gasteiger partial charge >= 0.3 is 0 Å². The molecular formula is C30H34Cl2N2O2S. The van der Waals surface area contributed by atoms with E-state index in [1.165, 1.54) is 11.8 Å². The summed E-state index contributed by atoms with van der Waals surface area (Å²) in [4.78, 5) is 28.9. The normalized spacial score (nSPS) is 11.7. The minimum Gasteiger partial charge on any atom is -0.354 e. The number of amides is 2. The minimum atomic E-state index is -0.613. The van der Waals surface area contributed by atoms with Crippen molar-refractivity contribution in [2.45, 2.75) is 51.4 Å². The number of benzene rings is 3. The van der Waals surface area contributed by atoms with Crippen molar-refractivity contribution in [3.05, 3.63) is 105 Å². The van der Waals surface area contributed by atoms with Gasteiger partial charge in [-0.25, -0.2) is 0 Å². The Balaban J connectivity index is 1.83. The second-order valence-electron chi connectivity index (χ2n) is 9.10. The van der Waals surface area contributed by atoms with Gasteiger partial charge in [0.1, 0.15) is 6.04 Å². The molecule has 196 valence electrons. The highest BCUT2D eigenvalue weighted by Gasteiger charge is 2.30. The predicted octanol–water partition coefficient (Wildman–Crippen LogP) is 7.09. The maximum Gasteiger partial charge on any atom is 0.243 e. The van der Waals surface area contributed by atoms with Crippen LogP contribution in [0.4, 0.5) is 0 Å². The standard InChI is InChI=1S/C30H34Cl2N2O2S/c1-3-4-15-33-30(36)28(18-23-10-6-5-7-11-23)34(19-24-12-8-9-22(2)16-24)29(35)21-37-20-25-13-14-26(31)27(32)17-25/h5-14,16-17,28H,3-4,15,18-21H2,1-2H3,(H,33,36). The van der Waals surface area contributed by atoms with Crippen LogP contribution in [0.15, 0.2) is 72.8 Å². The molecule has 0 aromatic heterocycles. The van der Waals surface area contributed by atoms with Crippen molar-refractivity contribution in [1.29, 1.82) is 0 Å². The molecule has 0 saturated heterocycles. The van der Waals surface area contributed by atoms with Crippen LogP contribution < -0.4 is 5.32 Å². The second-order valence-corrected chi connectivity index (χ2v) is 10.9. The summed E-state index contributed by atoms with van der Waals surface area (Å²) in [5.41, 5.74) is 4.13. The number of unbranched alkanes of at least 4 members (excludes halogenated alkanes) is 1. The van der Waals surface area contributed by atoms with Crippen LogP contribution in [0.2, 0.25) is 10.0 Å². The van der Waals surface area contributed by atoms with Crippen LogP contribution in [-0.2, 0) is 28.3 Å². The molecule has 0 bridgehead atoms. The third kappa shape index (κ3) is 9.41. The van der Waals surface area contributed by atoms with Crippen LogP contribution in [-0.4, -0.2) is 35.1 Å². The first kappa shape index (κ1) is 29.1. The molecule has 3 aromatic carbocycles. The second kappa shape index (κ2) is 15.1. The first-order chi connectivity index (χ1) is 17.9. The largest absolute Gasteiger partial charge is 0.354 e. The van der Waals surface area contributed by atoms with E-state index in [9.17, 15) is 9.59 Å². The molecular weight excluding hydrogens is 523 g/mol. The SMILES string of the molecule is CCCCNC(=O)C(Cc1ccccc1)N(Cc1cccc(C)c1)C(=O)CSCc1ccc(Cl)c(Cl)c1. The van der Waals surface area contributed by atoms with Gasteiger partial charge in [-0.2, -0.15) is 0 Å². The first-order valence-electron chi connectivity index (χ1n) is 12.6. The Morgan fingerprint density at radius 1 is 0.919 bits per heavy atom. The number of aryl methyl sites for hydroxylation is 1. The zero-order chi connectivity index (χ0) is 26.6. The van der Waals surface area contributed by atoms with Crippen molar-refractivity contribution < 1.29 is 9.59 Å². The molecule has 0 fully saturated rings. The molecule has 4 nitrogen and oxygen atoms in total. The van der Waals surface area contributed by atoms with Crippen LogP contribution in [0.1, 0.15) is 42.0 Å². The highest BCUT2D eigenvalue weighted by atomic mass is 35.5. The number of nitrogens with zero attached hydrogens (tertiary/aromatic N) is 1. The summed E-state index contributed by atoms with van der Waals surface area (Å²) in [6.45, 7) is 5.08. The molecule has 3 aromatic rings. The first-order valence-corrected chi connectivity index (χ1v) is 14.5. The Labute approximate surface area is 234 Å². The van der Waals surface area contributed by atoms with E-state index in [0.29, 0.717) is 35.3 Å². The van der Waals surface area contributed by atoms with Crippen LogP contribution in [0, 0.1) is 6.92 Å². The number of thioether (sulfide) groups is 1. The Morgan fingerprint density at radius 2 is 1.68 bits per heavy atom.